The molecule has 7 heteroatoms. The molecule has 3 rings (SSSR count). The number of ether oxygens (including phenoxy) is 3. The summed E-state index contributed by atoms with van der Waals surface area (Å²) in [5.41, 5.74) is 2.01. The van der Waals surface area contributed by atoms with E-state index in [9.17, 15) is 9.59 Å². The summed E-state index contributed by atoms with van der Waals surface area (Å²) in [6.07, 6.45) is 0. The molecule has 7 nitrogen and oxygen atoms in total. The largest absolute Gasteiger partial charge is 0.497 e. The second-order valence-corrected chi connectivity index (χ2v) is 6.01. The smallest absolute Gasteiger partial charge is 0.338 e. The van der Waals surface area contributed by atoms with Crippen LogP contribution < -0.4 is 20.1 Å². The van der Waals surface area contributed by atoms with E-state index in [0.29, 0.717) is 40.5 Å². The Kier molecular flexibility index (Phi) is 5.84. The minimum Gasteiger partial charge on any atom is -0.497 e. The SMILES string of the molecule is CCOc1ccccc1C1NC(=O)NC(c2ccc(OC)cc2)=C1C(=O)OC. The highest BCUT2D eigenvalue weighted by Crippen LogP contribution is 2.36. The van der Waals surface area contributed by atoms with E-state index in [1.54, 1.807) is 37.4 Å². The number of hydrogen-bond acceptors (Lipinski definition) is 5. The molecule has 0 saturated heterocycles. The molecule has 1 heterocycles. The zero-order valence-electron chi connectivity index (χ0n) is 15.9. The Hall–Kier alpha value is -3.48. The van der Waals surface area contributed by atoms with E-state index in [1.807, 2.05) is 25.1 Å². The highest BCUT2D eigenvalue weighted by atomic mass is 16.5. The van der Waals surface area contributed by atoms with Crippen LogP contribution in [0.25, 0.3) is 5.70 Å². The van der Waals surface area contributed by atoms with Crippen molar-refractivity contribution in [1.82, 2.24) is 10.6 Å². The van der Waals surface area contributed by atoms with Crippen molar-refractivity contribution in [3.63, 3.8) is 0 Å². The first-order valence-electron chi connectivity index (χ1n) is 8.85. The molecule has 146 valence electrons. The summed E-state index contributed by atoms with van der Waals surface area (Å²) in [7, 11) is 2.88. The van der Waals surface area contributed by atoms with Crippen molar-refractivity contribution in [2.45, 2.75) is 13.0 Å². The second kappa shape index (κ2) is 8.47. The number of nitrogens with one attached hydrogen (secondary N) is 2. The molecule has 2 aromatic carbocycles. The van der Waals surface area contributed by atoms with Gasteiger partial charge in [0.15, 0.2) is 0 Å². The number of hydrogen-bond donors (Lipinski definition) is 2. The Morgan fingerprint density at radius 1 is 1.07 bits per heavy atom. The zero-order chi connectivity index (χ0) is 20.1. The fraction of sp³-hybridized carbons (Fsp3) is 0.238. The van der Waals surface area contributed by atoms with Gasteiger partial charge in [0, 0.05) is 5.56 Å². The summed E-state index contributed by atoms with van der Waals surface area (Å²) in [6.45, 7) is 2.33. The number of esters is 1. The Morgan fingerprint density at radius 3 is 2.43 bits per heavy atom. The third-order valence-corrected chi connectivity index (χ3v) is 4.39. The molecule has 2 aromatic rings. The van der Waals surface area contributed by atoms with Crippen LogP contribution in [0.1, 0.15) is 24.1 Å². The van der Waals surface area contributed by atoms with Crippen LogP contribution in [-0.2, 0) is 9.53 Å². The van der Waals surface area contributed by atoms with E-state index in [4.69, 9.17) is 14.2 Å². The number of para-hydroxylation sites is 1. The number of urea groups is 1. The van der Waals surface area contributed by atoms with Crippen LogP contribution in [-0.4, -0.2) is 32.8 Å². The Balaban J connectivity index is 2.18. The van der Waals surface area contributed by atoms with E-state index in [-0.39, 0.29) is 0 Å². The van der Waals surface area contributed by atoms with Gasteiger partial charge in [-0.25, -0.2) is 9.59 Å². The van der Waals surface area contributed by atoms with Crippen molar-refractivity contribution >= 4 is 17.7 Å². The fourth-order valence-electron chi connectivity index (χ4n) is 3.12. The fourth-order valence-corrected chi connectivity index (χ4v) is 3.12. The average Bonchev–Trinajstić information content (AvgIpc) is 2.73. The molecule has 2 amide bonds. The predicted octanol–water partition coefficient (Wildman–Crippen LogP) is 3.03. The van der Waals surface area contributed by atoms with E-state index >= 15 is 0 Å². The van der Waals surface area contributed by atoms with Gasteiger partial charge in [0.05, 0.1) is 38.1 Å². The summed E-state index contributed by atoms with van der Waals surface area (Å²) >= 11 is 0. The third-order valence-electron chi connectivity index (χ3n) is 4.39. The molecule has 1 atom stereocenters. The lowest BCUT2D eigenvalue weighted by Crippen LogP contribution is -2.45. The number of carbonyl (C=O) groups excluding carboxylic acids is 2. The summed E-state index contributed by atoms with van der Waals surface area (Å²) < 4.78 is 15.9. The van der Waals surface area contributed by atoms with Gasteiger partial charge in [-0.1, -0.05) is 18.2 Å². The molecule has 2 N–H and O–H groups in total. The Morgan fingerprint density at radius 2 is 1.79 bits per heavy atom. The van der Waals surface area contributed by atoms with E-state index in [2.05, 4.69) is 10.6 Å². The lowest BCUT2D eigenvalue weighted by atomic mass is 9.92. The number of methoxy groups -OCH3 is 2. The van der Waals surface area contributed by atoms with Gasteiger partial charge in [0.25, 0.3) is 0 Å². The van der Waals surface area contributed by atoms with Gasteiger partial charge in [-0.2, -0.15) is 0 Å². The molecule has 0 aromatic heterocycles. The van der Waals surface area contributed by atoms with Gasteiger partial charge in [-0.05, 0) is 42.8 Å². The first-order chi connectivity index (χ1) is 13.6. The number of rotatable bonds is 6. The van der Waals surface area contributed by atoms with Crippen molar-refractivity contribution in [2.24, 2.45) is 0 Å². The maximum Gasteiger partial charge on any atom is 0.338 e. The monoisotopic (exact) mass is 382 g/mol. The quantitative estimate of drug-likeness (QED) is 0.750. The van der Waals surface area contributed by atoms with Crippen LogP contribution >= 0.6 is 0 Å². The number of benzene rings is 2. The van der Waals surface area contributed by atoms with Crippen LogP contribution in [0, 0.1) is 0 Å². The van der Waals surface area contributed by atoms with Crippen LogP contribution in [0.2, 0.25) is 0 Å². The standard InChI is InChI=1S/C21H22N2O5/c1-4-28-16-8-6-5-7-15(16)19-17(20(24)27-3)18(22-21(25)23-19)13-9-11-14(26-2)12-10-13/h5-12,19H,4H2,1-3H3,(H2,22,23,25). The van der Waals surface area contributed by atoms with Gasteiger partial charge >= 0.3 is 12.0 Å². The number of amides is 2. The van der Waals surface area contributed by atoms with Crippen LogP contribution in [0.5, 0.6) is 11.5 Å². The van der Waals surface area contributed by atoms with Crippen molar-refractivity contribution in [3.8, 4) is 11.5 Å². The van der Waals surface area contributed by atoms with Gasteiger partial charge in [-0.3, -0.25) is 0 Å². The molecule has 0 saturated carbocycles. The Bertz CT molecular complexity index is 905. The first kappa shape index (κ1) is 19.3. The zero-order valence-corrected chi connectivity index (χ0v) is 15.9. The van der Waals surface area contributed by atoms with E-state index < -0.39 is 18.0 Å². The summed E-state index contributed by atoms with van der Waals surface area (Å²) in [5, 5.41) is 5.54. The highest BCUT2D eigenvalue weighted by Gasteiger charge is 2.35. The highest BCUT2D eigenvalue weighted by molar-refractivity contribution is 6.04. The van der Waals surface area contributed by atoms with Crippen LogP contribution in [0.15, 0.2) is 54.1 Å². The molecule has 0 aliphatic carbocycles. The normalized spacial score (nSPS) is 16.1. The molecule has 0 fully saturated rings. The summed E-state index contributed by atoms with van der Waals surface area (Å²) in [6, 6.07) is 13.2. The molecule has 1 aliphatic heterocycles. The molecule has 0 bridgehead atoms. The summed E-state index contributed by atoms with van der Waals surface area (Å²) in [4.78, 5) is 25.1. The van der Waals surface area contributed by atoms with Gasteiger partial charge in [0.2, 0.25) is 0 Å². The topological polar surface area (TPSA) is 85.9 Å². The van der Waals surface area contributed by atoms with Gasteiger partial charge < -0.3 is 24.8 Å². The van der Waals surface area contributed by atoms with Crippen molar-refractivity contribution in [2.75, 3.05) is 20.8 Å². The van der Waals surface area contributed by atoms with Gasteiger partial charge in [0.1, 0.15) is 11.5 Å². The van der Waals surface area contributed by atoms with Crippen LogP contribution in [0.3, 0.4) is 0 Å². The predicted molar refractivity (Wildman–Crippen MR) is 104 cm³/mol. The molecule has 0 spiro atoms. The van der Waals surface area contributed by atoms with Crippen molar-refractivity contribution in [3.05, 3.63) is 65.2 Å². The second-order valence-electron chi connectivity index (χ2n) is 6.01. The van der Waals surface area contributed by atoms with E-state index in [0.717, 1.165) is 0 Å². The van der Waals surface area contributed by atoms with Crippen LogP contribution in [0.4, 0.5) is 4.79 Å². The van der Waals surface area contributed by atoms with Crippen molar-refractivity contribution in [1.29, 1.82) is 0 Å². The molecule has 1 unspecified atom stereocenters. The minimum absolute atomic E-state index is 0.291. The first-order valence-corrected chi connectivity index (χ1v) is 8.85. The minimum atomic E-state index is -0.721. The average molecular weight is 382 g/mol. The lowest BCUT2D eigenvalue weighted by molar-refractivity contribution is -0.136. The molecule has 1 aliphatic rings. The lowest BCUT2D eigenvalue weighted by Gasteiger charge is -2.30. The number of carbonyl (C=O) groups is 2. The Labute approximate surface area is 163 Å². The van der Waals surface area contributed by atoms with E-state index in [1.165, 1.54) is 7.11 Å². The molecule has 0 radical (unpaired) electrons. The maximum absolute atomic E-state index is 12.7. The van der Waals surface area contributed by atoms with Crippen molar-refractivity contribution < 1.29 is 23.8 Å². The maximum atomic E-state index is 12.7. The molecular formula is C21H22N2O5. The third kappa shape index (κ3) is 3.78. The van der Waals surface area contributed by atoms with Gasteiger partial charge in [-0.15, -0.1) is 0 Å². The summed E-state index contributed by atoms with van der Waals surface area (Å²) in [5.74, 6) is 0.713. The molecular weight excluding hydrogens is 360 g/mol. The molecule has 28 heavy (non-hydrogen) atoms.